The Morgan fingerprint density at radius 3 is 2.90 bits per heavy atom. The minimum absolute atomic E-state index is 0.00333. The molecule has 2 fully saturated rings. The zero-order chi connectivity index (χ0) is 20.8. The van der Waals surface area contributed by atoms with Gasteiger partial charge < -0.3 is 20.1 Å². The number of carbonyl (C=O) groups is 2. The molecule has 0 saturated carbocycles. The summed E-state index contributed by atoms with van der Waals surface area (Å²) in [6, 6.07) is 2.00. The first-order valence-electron chi connectivity index (χ1n) is 10.4. The maximum Gasteiger partial charge on any atom is 0.256 e. The van der Waals surface area contributed by atoms with Crippen LogP contribution in [0.15, 0.2) is 6.07 Å². The predicted octanol–water partition coefficient (Wildman–Crippen LogP) is 0.917. The molecule has 0 aliphatic carbocycles. The first kappa shape index (κ1) is 20.1. The molecule has 0 unspecified atom stereocenters. The molecule has 158 valence electrons. The lowest BCUT2D eigenvalue weighted by Gasteiger charge is -2.47. The standard InChI is InChI=1S/C21H30N4O4/c1-13(2)25-11-16-15(19(25)27)9-14(18(23-16)29-3)10-24-8-5-17(26)21(12-24)6-4-7-22-20(21)28/h9,13,17,26H,4-8,10-12H2,1-3H3,(H,22,28)/t17-,21+/m0/s1. The highest BCUT2D eigenvalue weighted by molar-refractivity contribution is 5.98. The van der Waals surface area contributed by atoms with Crippen molar-refractivity contribution < 1.29 is 19.4 Å². The summed E-state index contributed by atoms with van der Waals surface area (Å²) in [5.41, 5.74) is 1.48. The van der Waals surface area contributed by atoms with Gasteiger partial charge in [-0.2, -0.15) is 0 Å². The van der Waals surface area contributed by atoms with Crippen LogP contribution in [0.4, 0.5) is 0 Å². The van der Waals surface area contributed by atoms with Crippen LogP contribution in [-0.2, 0) is 17.9 Å². The van der Waals surface area contributed by atoms with Crippen molar-refractivity contribution in [2.24, 2.45) is 5.41 Å². The Bertz CT molecular complexity index is 827. The van der Waals surface area contributed by atoms with E-state index in [1.54, 1.807) is 12.0 Å². The lowest BCUT2D eigenvalue weighted by Crippen LogP contribution is -2.61. The van der Waals surface area contributed by atoms with Crippen LogP contribution in [-0.4, -0.2) is 70.6 Å². The highest BCUT2D eigenvalue weighted by Crippen LogP contribution is 2.38. The van der Waals surface area contributed by atoms with Crippen molar-refractivity contribution in [1.82, 2.24) is 20.1 Å². The molecular weight excluding hydrogens is 372 g/mol. The fourth-order valence-corrected chi connectivity index (χ4v) is 4.88. The number of aliphatic hydroxyl groups excluding tert-OH is 1. The van der Waals surface area contributed by atoms with E-state index >= 15 is 0 Å². The van der Waals surface area contributed by atoms with E-state index in [4.69, 9.17) is 4.74 Å². The van der Waals surface area contributed by atoms with E-state index in [-0.39, 0.29) is 17.9 Å². The lowest BCUT2D eigenvalue weighted by atomic mass is 9.71. The Morgan fingerprint density at radius 1 is 1.41 bits per heavy atom. The number of amides is 2. The van der Waals surface area contributed by atoms with Crippen LogP contribution >= 0.6 is 0 Å². The van der Waals surface area contributed by atoms with Gasteiger partial charge in [-0.1, -0.05) is 0 Å². The minimum Gasteiger partial charge on any atom is -0.481 e. The molecule has 2 saturated heterocycles. The van der Waals surface area contributed by atoms with Crippen molar-refractivity contribution in [1.29, 1.82) is 0 Å². The van der Waals surface area contributed by atoms with Gasteiger partial charge in [0, 0.05) is 37.8 Å². The number of likely N-dealkylation sites (tertiary alicyclic amines) is 1. The fourth-order valence-electron chi connectivity index (χ4n) is 4.88. The van der Waals surface area contributed by atoms with Crippen LogP contribution in [0.2, 0.25) is 0 Å². The Morgan fingerprint density at radius 2 is 2.21 bits per heavy atom. The van der Waals surface area contributed by atoms with Crippen molar-refractivity contribution in [2.45, 2.75) is 58.3 Å². The molecule has 1 aromatic rings. The Hall–Kier alpha value is -2.19. The number of ether oxygens (including phenoxy) is 1. The number of carbonyl (C=O) groups excluding carboxylic acids is 2. The van der Waals surface area contributed by atoms with E-state index in [2.05, 4.69) is 15.2 Å². The SMILES string of the molecule is COc1nc2c(cc1CN1CC[C@H](O)[C@@]3(CCCNC3=O)C1)C(=O)N(C(C)C)C2. The predicted molar refractivity (Wildman–Crippen MR) is 106 cm³/mol. The minimum atomic E-state index is -0.752. The van der Waals surface area contributed by atoms with Crippen molar-refractivity contribution in [3.63, 3.8) is 0 Å². The summed E-state index contributed by atoms with van der Waals surface area (Å²) in [5, 5.41) is 13.5. The fraction of sp³-hybridized carbons (Fsp3) is 0.667. The number of nitrogens with one attached hydrogen (secondary N) is 1. The number of hydrogen-bond donors (Lipinski definition) is 2. The first-order chi connectivity index (χ1) is 13.9. The van der Waals surface area contributed by atoms with Crippen LogP contribution in [0.25, 0.3) is 0 Å². The topological polar surface area (TPSA) is 95.0 Å². The van der Waals surface area contributed by atoms with Gasteiger partial charge in [0.05, 0.1) is 36.4 Å². The third-order valence-electron chi connectivity index (χ3n) is 6.56. The van der Waals surface area contributed by atoms with Gasteiger partial charge in [-0.3, -0.25) is 14.5 Å². The molecule has 1 aromatic heterocycles. The highest BCUT2D eigenvalue weighted by Gasteiger charge is 2.49. The van der Waals surface area contributed by atoms with Crippen LogP contribution in [0.3, 0.4) is 0 Å². The summed E-state index contributed by atoms with van der Waals surface area (Å²) >= 11 is 0. The number of hydrogen-bond acceptors (Lipinski definition) is 6. The average Bonchev–Trinajstić information content (AvgIpc) is 3.02. The average molecular weight is 402 g/mol. The maximum atomic E-state index is 12.8. The first-order valence-corrected chi connectivity index (χ1v) is 10.4. The third-order valence-corrected chi connectivity index (χ3v) is 6.56. The zero-order valence-electron chi connectivity index (χ0n) is 17.4. The summed E-state index contributed by atoms with van der Waals surface area (Å²) < 4.78 is 5.53. The third kappa shape index (κ3) is 3.38. The van der Waals surface area contributed by atoms with Crippen LogP contribution in [0.5, 0.6) is 5.88 Å². The molecule has 3 aliphatic rings. The molecule has 8 nitrogen and oxygen atoms in total. The summed E-state index contributed by atoms with van der Waals surface area (Å²) in [6.07, 6.45) is 1.49. The Kier molecular flexibility index (Phi) is 5.25. The molecule has 4 rings (SSSR count). The normalized spacial score (nSPS) is 27.5. The number of methoxy groups -OCH3 is 1. The number of aliphatic hydroxyl groups is 1. The van der Waals surface area contributed by atoms with E-state index in [1.165, 1.54) is 0 Å². The van der Waals surface area contributed by atoms with E-state index in [0.29, 0.717) is 57.0 Å². The van der Waals surface area contributed by atoms with Crippen molar-refractivity contribution in [2.75, 3.05) is 26.7 Å². The number of pyridine rings is 1. The molecular formula is C21H30N4O4. The molecule has 8 heteroatoms. The van der Waals surface area contributed by atoms with Gasteiger partial charge in [0.2, 0.25) is 11.8 Å². The number of rotatable bonds is 4. The molecule has 4 heterocycles. The van der Waals surface area contributed by atoms with Gasteiger partial charge in [0.1, 0.15) is 0 Å². The van der Waals surface area contributed by atoms with E-state index in [0.717, 1.165) is 17.7 Å². The Labute approximate surface area is 171 Å². The largest absolute Gasteiger partial charge is 0.481 e. The maximum absolute atomic E-state index is 12.8. The van der Waals surface area contributed by atoms with Crippen molar-refractivity contribution >= 4 is 11.8 Å². The molecule has 3 aliphatic heterocycles. The smallest absolute Gasteiger partial charge is 0.256 e. The van der Waals surface area contributed by atoms with Crippen molar-refractivity contribution in [3.8, 4) is 5.88 Å². The number of aromatic nitrogens is 1. The monoisotopic (exact) mass is 402 g/mol. The van der Waals surface area contributed by atoms with E-state index in [1.807, 2.05) is 19.9 Å². The van der Waals surface area contributed by atoms with E-state index < -0.39 is 11.5 Å². The molecule has 2 N–H and O–H groups in total. The number of fused-ring (bicyclic) bond motifs is 1. The van der Waals surface area contributed by atoms with E-state index in [9.17, 15) is 14.7 Å². The van der Waals surface area contributed by atoms with Crippen LogP contribution in [0.1, 0.15) is 54.7 Å². The lowest BCUT2D eigenvalue weighted by molar-refractivity contribution is -0.149. The molecule has 2 atom stereocenters. The molecule has 0 aromatic carbocycles. The Balaban J connectivity index is 1.58. The van der Waals surface area contributed by atoms with Gasteiger partial charge >= 0.3 is 0 Å². The second-order valence-corrected chi connectivity index (χ2v) is 8.71. The summed E-state index contributed by atoms with van der Waals surface area (Å²) in [6.45, 7) is 6.87. The second kappa shape index (κ2) is 7.57. The summed E-state index contributed by atoms with van der Waals surface area (Å²) in [4.78, 5) is 34.0. The van der Waals surface area contributed by atoms with Gasteiger partial charge in [-0.25, -0.2) is 4.98 Å². The highest BCUT2D eigenvalue weighted by atomic mass is 16.5. The summed E-state index contributed by atoms with van der Waals surface area (Å²) in [7, 11) is 1.59. The second-order valence-electron chi connectivity index (χ2n) is 8.71. The molecule has 0 radical (unpaired) electrons. The molecule has 0 bridgehead atoms. The van der Waals surface area contributed by atoms with Gasteiger partial charge in [0.15, 0.2) is 0 Å². The molecule has 29 heavy (non-hydrogen) atoms. The number of nitrogens with zero attached hydrogens (tertiary/aromatic N) is 3. The molecule has 1 spiro atoms. The van der Waals surface area contributed by atoms with Crippen molar-refractivity contribution in [3.05, 3.63) is 22.9 Å². The number of piperidine rings is 2. The van der Waals surface area contributed by atoms with Crippen LogP contribution in [0, 0.1) is 5.41 Å². The van der Waals surface area contributed by atoms with Gasteiger partial charge in [-0.15, -0.1) is 0 Å². The summed E-state index contributed by atoms with van der Waals surface area (Å²) in [5.74, 6) is 0.474. The van der Waals surface area contributed by atoms with Gasteiger partial charge in [-0.05, 0) is 39.2 Å². The zero-order valence-corrected chi connectivity index (χ0v) is 17.4. The van der Waals surface area contributed by atoms with Crippen LogP contribution < -0.4 is 10.1 Å². The molecule has 2 amide bonds. The quantitative estimate of drug-likeness (QED) is 0.778. The van der Waals surface area contributed by atoms with Gasteiger partial charge in [0.25, 0.3) is 5.91 Å².